The van der Waals surface area contributed by atoms with Gasteiger partial charge >= 0.3 is 0 Å². The molecular weight excluding hydrogens is 536 g/mol. The number of hydrogen-bond donors (Lipinski definition) is 2. The molecule has 2 heterocycles. The lowest BCUT2D eigenvalue weighted by Gasteiger charge is -2.16. The van der Waals surface area contributed by atoms with E-state index in [1.165, 1.54) is 17.1 Å². The van der Waals surface area contributed by atoms with Crippen molar-refractivity contribution in [3.63, 3.8) is 0 Å². The van der Waals surface area contributed by atoms with E-state index >= 15 is 0 Å². The molecule has 2 N–H and O–H groups in total. The smallest absolute Gasteiger partial charge is 0.259 e. The first-order chi connectivity index (χ1) is 19.7. The summed E-state index contributed by atoms with van der Waals surface area (Å²) in [5, 5.41) is 7.18. The number of hydrogen-bond acceptors (Lipinski definition) is 6. The largest absolute Gasteiger partial charge is 0.326 e. The number of carbonyl (C=O) groups excluding carboxylic acids is 1. The van der Waals surface area contributed by atoms with Crippen molar-refractivity contribution in [1.82, 2.24) is 19.4 Å². The number of carbonyl (C=O) groups is 1. The van der Waals surface area contributed by atoms with Gasteiger partial charge in [0.1, 0.15) is 5.65 Å². The van der Waals surface area contributed by atoms with E-state index in [9.17, 15) is 9.59 Å². The molecule has 3 aromatic carbocycles. The van der Waals surface area contributed by atoms with Crippen molar-refractivity contribution in [2.75, 3.05) is 31.3 Å². The predicted octanol–water partition coefficient (Wildman–Crippen LogP) is 6.12. The number of benzene rings is 3. The molecule has 8 nitrogen and oxygen atoms in total. The molecule has 0 aliphatic heterocycles. The lowest BCUT2D eigenvalue weighted by atomic mass is 9.98. The van der Waals surface area contributed by atoms with Crippen molar-refractivity contribution < 1.29 is 4.79 Å². The average Bonchev–Trinajstić information content (AvgIpc) is 2.96. The van der Waals surface area contributed by atoms with Crippen molar-refractivity contribution in [2.24, 2.45) is 7.05 Å². The molecule has 5 rings (SSSR count). The lowest BCUT2D eigenvalue weighted by Crippen LogP contribution is -2.20. The maximum Gasteiger partial charge on any atom is 0.259 e. The van der Waals surface area contributed by atoms with Crippen LogP contribution in [0.4, 0.5) is 17.3 Å². The number of aryl methyl sites for hydroxylation is 1. The quantitative estimate of drug-likeness (QED) is 0.235. The molecule has 41 heavy (non-hydrogen) atoms. The first kappa shape index (κ1) is 28.0. The first-order valence-electron chi connectivity index (χ1n) is 13.2. The van der Waals surface area contributed by atoms with Crippen LogP contribution in [-0.4, -0.2) is 46.0 Å². The Morgan fingerprint density at radius 2 is 1.71 bits per heavy atom. The third-order valence-electron chi connectivity index (χ3n) is 6.80. The number of anilines is 3. The fourth-order valence-corrected chi connectivity index (χ4v) is 4.93. The molecule has 0 fully saturated rings. The highest BCUT2D eigenvalue weighted by Crippen LogP contribution is 2.37. The van der Waals surface area contributed by atoms with E-state index in [0.717, 1.165) is 29.8 Å². The van der Waals surface area contributed by atoms with Crippen LogP contribution in [0.1, 0.15) is 12.5 Å². The molecule has 0 saturated heterocycles. The molecule has 0 atom stereocenters. The van der Waals surface area contributed by atoms with Crippen LogP contribution in [0.5, 0.6) is 0 Å². The zero-order valence-corrected chi connectivity index (χ0v) is 24.2. The van der Waals surface area contributed by atoms with Crippen LogP contribution in [0, 0.1) is 0 Å². The fraction of sp³-hybridized carbons (Fsp3) is 0.188. The molecule has 1 amide bonds. The molecule has 0 saturated carbocycles. The molecule has 0 unspecified atom stereocenters. The number of nitrogens with one attached hydrogen (secondary N) is 2. The Bertz CT molecular complexity index is 1780. The summed E-state index contributed by atoms with van der Waals surface area (Å²) in [6.45, 7) is 2.42. The molecule has 9 heteroatoms. The van der Waals surface area contributed by atoms with Crippen molar-refractivity contribution in [3.05, 3.63) is 99.9 Å². The molecule has 0 aliphatic carbocycles. The molecule has 0 spiro atoms. The van der Waals surface area contributed by atoms with Crippen LogP contribution in [0.2, 0.25) is 5.02 Å². The predicted molar refractivity (Wildman–Crippen MR) is 167 cm³/mol. The number of likely N-dealkylation sites (N-methyl/N-ethyl adjacent to an activating group) is 1. The second kappa shape index (κ2) is 11.9. The minimum atomic E-state index is -0.268. The normalized spacial score (nSPS) is 11.2. The fourth-order valence-electron chi connectivity index (χ4n) is 4.67. The zero-order chi connectivity index (χ0) is 29.1. The zero-order valence-electron chi connectivity index (χ0n) is 23.4. The molecule has 0 radical (unpaired) electrons. The van der Waals surface area contributed by atoms with Gasteiger partial charge < -0.3 is 15.5 Å². The van der Waals surface area contributed by atoms with Crippen molar-refractivity contribution in [2.45, 2.75) is 13.3 Å². The van der Waals surface area contributed by atoms with Gasteiger partial charge in [-0.15, -0.1) is 0 Å². The summed E-state index contributed by atoms with van der Waals surface area (Å²) in [6.07, 6.45) is 2.65. The highest BCUT2D eigenvalue weighted by Gasteiger charge is 2.18. The SMILES string of the molecule is CC(=O)Nc1cc(-c2cc3cnc(Nc4ccc(CCN(C)C)cc4)nc3n(C)c2=O)c(Cl)cc1-c1ccccc1. The summed E-state index contributed by atoms with van der Waals surface area (Å²) < 4.78 is 1.49. The third-order valence-corrected chi connectivity index (χ3v) is 7.11. The Morgan fingerprint density at radius 1 is 0.976 bits per heavy atom. The Labute approximate surface area is 243 Å². The van der Waals surface area contributed by atoms with Crippen LogP contribution < -0.4 is 16.2 Å². The van der Waals surface area contributed by atoms with Crippen molar-refractivity contribution >= 4 is 45.9 Å². The average molecular weight is 567 g/mol. The van der Waals surface area contributed by atoms with E-state index in [-0.39, 0.29) is 11.5 Å². The topological polar surface area (TPSA) is 92.2 Å². The number of nitrogens with zero attached hydrogens (tertiary/aromatic N) is 4. The molecule has 0 bridgehead atoms. The van der Waals surface area contributed by atoms with Crippen molar-refractivity contribution in [1.29, 1.82) is 0 Å². The number of rotatable bonds is 8. The van der Waals surface area contributed by atoms with Gasteiger partial charge in [0.2, 0.25) is 11.9 Å². The number of fused-ring (bicyclic) bond motifs is 1. The number of pyridine rings is 1. The summed E-state index contributed by atoms with van der Waals surface area (Å²) in [6, 6.07) is 23.0. The van der Waals surface area contributed by atoms with Gasteiger partial charge in [-0.1, -0.05) is 54.1 Å². The second-order valence-corrected chi connectivity index (χ2v) is 10.6. The summed E-state index contributed by atoms with van der Waals surface area (Å²) >= 11 is 6.76. The van der Waals surface area contributed by atoms with Gasteiger partial charge in [-0.05, 0) is 62.0 Å². The van der Waals surface area contributed by atoms with Crippen molar-refractivity contribution in [3.8, 4) is 22.3 Å². The van der Waals surface area contributed by atoms with Crippen LogP contribution in [0.15, 0.2) is 83.8 Å². The van der Waals surface area contributed by atoms with Gasteiger partial charge in [-0.25, -0.2) is 4.98 Å². The summed E-state index contributed by atoms with van der Waals surface area (Å²) in [5.41, 5.74) is 5.43. The van der Waals surface area contributed by atoms with Gasteiger partial charge in [-0.2, -0.15) is 4.98 Å². The van der Waals surface area contributed by atoms with E-state index in [0.29, 0.717) is 38.8 Å². The standard InChI is InChI=1S/C32H31ClN6O2/c1-20(40)35-29-18-26(28(33)17-25(29)22-8-6-5-7-9-22)27-16-23-19-34-32(37-30(23)39(4)31(27)41)36-24-12-10-21(11-13-24)14-15-38(2)3/h5-13,16-19H,14-15H2,1-4H3,(H,35,40)(H,34,36,37). The Kier molecular flexibility index (Phi) is 8.14. The van der Waals surface area contributed by atoms with E-state index in [2.05, 4.69) is 51.7 Å². The van der Waals surface area contributed by atoms with Gasteiger partial charge in [0, 0.05) is 65.2 Å². The van der Waals surface area contributed by atoms with Gasteiger partial charge in [-0.3, -0.25) is 14.2 Å². The van der Waals surface area contributed by atoms with E-state index < -0.39 is 0 Å². The maximum atomic E-state index is 13.6. The molecular formula is C32H31ClN6O2. The first-order valence-corrected chi connectivity index (χ1v) is 13.6. The molecule has 0 aliphatic rings. The Hall–Kier alpha value is -4.53. The Morgan fingerprint density at radius 3 is 2.39 bits per heavy atom. The van der Waals surface area contributed by atoms with Crippen LogP contribution >= 0.6 is 11.6 Å². The van der Waals surface area contributed by atoms with Gasteiger partial charge in [0.25, 0.3) is 5.56 Å². The van der Waals surface area contributed by atoms with E-state index in [4.69, 9.17) is 11.6 Å². The maximum absolute atomic E-state index is 13.6. The monoisotopic (exact) mass is 566 g/mol. The van der Waals surface area contributed by atoms with Gasteiger partial charge in [0.15, 0.2) is 0 Å². The number of aromatic nitrogens is 3. The minimum Gasteiger partial charge on any atom is -0.326 e. The molecule has 5 aromatic rings. The summed E-state index contributed by atoms with van der Waals surface area (Å²) in [4.78, 5) is 36.9. The van der Waals surface area contributed by atoms with Crippen LogP contribution in [0.3, 0.4) is 0 Å². The summed E-state index contributed by atoms with van der Waals surface area (Å²) in [5.74, 6) is 0.165. The molecule has 208 valence electrons. The van der Waals surface area contributed by atoms with Crippen LogP contribution in [-0.2, 0) is 18.3 Å². The molecule has 2 aromatic heterocycles. The number of amides is 1. The second-order valence-electron chi connectivity index (χ2n) is 10.2. The lowest BCUT2D eigenvalue weighted by molar-refractivity contribution is -0.114. The Balaban J connectivity index is 1.50. The van der Waals surface area contributed by atoms with Crippen LogP contribution in [0.25, 0.3) is 33.3 Å². The van der Waals surface area contributed by atoms with E-state index in [1.807, 2.05) is 42.5 Å². The highest BCUT2D eigenvalue weighted by atomic mass is 35.5. The minimum absolute atomic E-state index is 0.224. The third kappa shape index (κ3) is 6.29. The highest BCUT2D eigenvalue weighted by molar-refractivity contribution is 6.34. The summed E-state index contributed by atoms with van der Waals surface area (Å²) in [7, 11) is 5.79. The van der Waals surface area contributed by atoms with Gasteiger partial charge in [0.05, 0.1) is 0 Å². The van der Waals surface area contributed by atoms with E-state index in [1.54, 1.807) is 31.4 Å². The number of halogens is 1.